The number of aldehydes is 1. The van der Waals surface area contributed by atoms with E-state index in [1.54, 1.807) is 0 Å². The van der Waals surface area contributed by atoms with Crippen LogP contribution < -0.4 is 0 Å². The summed E-state index contributed by atoms with van der Waals surface area (Å²) < 4.78 is 0. The minimum atomic E-state index is 0.149. The van der Waals surface area contributed by atoms with Crippen LogP contribution in [0.15, 0.2) is 0 Å². The summed E-state index contributed by atoms with van der Waals surface area (Å²) in [5.41, 5.74) is 0. The number of alkyl halides is 1. The molecule has 0 N–H and O–H groups in total. The molecule has 1 nitrogen and oxygen atoms in total. The van der Waals surface area contributed by atoms with Gasteiger partial charge in [0.15, 0.2) is 0 Å². The summed E-state index contributed by atoms with van der Waals surface area (Å²) in [6.07, 6.45) is 1.88. The molecule has 3 unspecified atom stereocenters. The fourth-order valence-electron chi connectivity index (χ4n) is 0.830. The Balaban J connectivity index is 3.56. The van der Waals surface area contributed by atoms with Crippen LogP contribution in [0.25, 0.3) is 0 Å². The third kappa shape index (κ3) is 3.89. The highest BCUT2D eigenvalue weighted by molar-refractivity contribution is 6.20. The summed E-state index contributed by atoms with van der Waals surface area (Å²) in [4.78, 5) is 10.2. The standard InChI is InChI=1S/C8H15ClO/c1-6(5-10)4-7(2)8(3)9/h5-8H,4H2,1-3H3. The molecule has 0 aromatic carbocycles. The van der Waals surface area contributed by atoms with Crippen molar-refractivity contribution in [3.05, 3.63) is 0 Å². The Kier molecular flexibility index (Phi) is 4.71. The molecule has 0 aliphatic carbocycles. The highest BCUT2D eigenvalue weighted by Crippen LogP contribution is 2.17. The quantitative estimate of drug-likeness (QED) is 0.459. The van der Waals surface area contributed by atoms with E-state index >= 15 is 0 Å². The van der Waals surface area contributed by atoms with Crippen molar-refractivity contribution in [2.45, 2.75) is 32.6 Å². The van der Waals surface area contributed by atoms with Crippen LogP contribution in [0.3, 0.4) is 0 Å². The minimum absolute atomic E-state index is 0.149. The van der Waals surface area contributed by atoms with Crippen molar-refractivity contribution in [2.75, 3.05) is 0 Å². The second-order valence-electron chi connectivity index (χ2n) is 3.00. The summed E-state index contributed by atoms with van der Waals surface area (Å²) in [6, 6.07) is 0. The zero-order valence-electron chi connectivity index (χ0n) is 6.80. The number of halogens is 1. The number of rotatable bonds is 4. The Morgan fingerprint density at radius 3 is 2.20 bits per heavy atom. The topological polar surface area (TPSA) is 17.1 Å². The third-order valence-electron chi connectivity index (χ3n) is 1.76. The summed E-state index contributed by atoms with van der Waals surface area (Å²) in [5.74, 6) is 0.582. The lowest BCUT2D eigenvalue weighted by atomic mass is 9.96. The maximum absolute atomic E-state index is 10.2. The molecule has 0 aromatic rings. The van der Waals surface area contributed by atoms with Crippen molar-refractivity contribution in [1.82, 2.24) is 0 Å². The lowest BCUT2D eigenvalue weighted by molar-refractivity contribution is -0.111. The van der Waals surface area contributed by atoms with Crippen molar-refractivity contribution in [2.24, 2.45) is 11.8 Å². The first-order chi connectivity index (χ1) is 4.57. The molecule has 0 amide bonds. The Morgan fingerprint density at radius 2 is 1.90 bits per heavy atom. The lowest BCUT2D eigenvalue weighted by Gasteiger charge is -2.14. The number of hydrogen-bond acceptors (Lipinski definition) is 1. The monoisotopic (exact) mass is 162 g/mol. The van der Waals surface area contributed by atoms with Crippen LogP contribution in [-0.4, -0.2) is 11.7 Å². The number of carbonyl (C=O) groups is 1. The molecule has 0 aromatic heterocycles. The van der Waals surface area contributed by atoms with Gasteiger partial charge < -0.3 is 4.79 Å². The molecule has 0 spiro atoms. The molecule has 0 saturated carbocycles. The molecule has 0 fully saturated rings. The zero-order chi connectivity index (χ0) is 8.15. The van der Waals surface area contributed by atoms with E-state index in [9.17, 15) is 4.79 Å². The molecule has 0 saturated heterocycles. The van der Waals surface area contributed by atoms with E-state index in [1.807, 2.05) is 13.8 Å². The largest absolute Gasteiger partial charge is 0.303 e. The number of hydrogen-bond donors (Lipinski definition) is 0. The predicted molar refractivity (Wildman–Crippen MR) is 44.3 cm³/mol. The fourth-order valence-corrected chi connectivity index (χ4v) is 0.932. The Labute approximate surface area is 67.8 Å². The molecule has 0 heterocycles. The first-order valence-corrected chi connectivity index (χ1v) is 4.11. The highest BCUT2D eigenvalue weighted by atomic mass is 35.5. The van der Waals surface area contributed by atoms with Gasteiger partial charge in [-0.25, -0.2) is 0 Å². The minimum Gasteiger partial charge on any atom is -0.303 e. The van der Waals surface area contributed by atoms with Crippen molar-refractivity contribution in [3.8, 4) is 0 Å². The molecule has 0 bridgehead atoms. The molecule has 3 atom stereocenters. The van der Waals surface area contributed by atoms with Crippen LogP contribution in [0.5, 0.6) is 0 Å². The van der Waals surface area contributed by atoms with E-state index in [2.05, 4.69) is 6.92 Å². The van der Waals surface area contributed by atoms with Gasteiger partial charge in [-0.05, 0) is 19.3 Å². The van der Waals surface area contributed by atoms with Crippen LogP contribution in [-0.2, 0) is 4.79 Å². The number of carbonyl (C=O) groups excluding carboxylic acids is 1. The highest BCUT2D eigenvalue weighted by Gasteiger charge is 2.12. The van der Waals surface area contributed by atoms with Crippen molar-refractivity contribution < 1.29 is 4.79 Å². The van der Waals surface area contributed by atoms with Crippen molar-refractivity contribution in [3.63, 3.8) is 0 Å². The molecule has 0 aliphatic rings. The first-order valence-electron chi connectivity index (χ1n) is 3.67. The van der Waals surface area contributed by atoms with E-state index in [-0.39, 0.29) is 11.3 Å². The summed E-state index contributed by atoms with van der Waals surface area (Å²) >= 11 is 5.81. The average molecular weight is 163 g/mol. The van der Waals surface area contributed by atoms with Gasteiger partial charge in [0.25, 0.3) is 0 Å². The van der Waals surface area contributed by atoms with Gasteiger partial charge in [0.05, 0.1) is 0 Å². The van der Waals surface area contributed by atoms with Crippen LogP contribution in [0, 0.1) is 11.8 Å². The SMILES string of the molecule is CC(C=O)CC(C)C(C)Cl. The zero-order valence-corrected chi connectivity index (χ0v) is 7.56. The lowest BCUT2D eigenvalue weighted by Crippen LogP contribution is -2.11. The molecule has 0 radical (unpaired) electrons. The molecule has 0 aliphatic heterocycles. The van der Waals surface area contributed by atoms with Gasteiger partial charge in [0.1, 0.15) is 6.29 Å². The molecular formula is C8H15ClO. The van der Waals surface area contributed by atoms with Gasteiger partial charge in [-0.3, -0.25) is 0 Å². The smallest absolute Gasteiger partial charge is 0.122 e. The van der Waals surface area contributed by atoms with Crippen molar-refractivity contribution >= 4 is 17.9 Å². The van der Waals surface area contributed by atoms with Gasteiger partial charge in [-0.2, -0.15) is 0 Å². The Bertz CT molecular complexity index is 101. The van der Waals surface area contributed by atoms with Crippen molar-refractivity contribution in [1.29, 1.82) is 0 Å². The van der Waals surface area contributed by atoms with Gasteiger partial charge in [0.2, 0.25) is 0 Å². The van der Waals surface area contributed by atoms with E-state index in [4.69, 9.17) is 11.6 Å². The molecule has 60 valence electrons. The Morgan fingerprint density at radius 1 is 1.40 bits per heavy atom. The van der Waals surface area contributed by atoms with E-state index in [0.717, 1.165) is 12.7 Å². The maximum atomic E-state index is 10.2. The van der Waals surface area contributed by atoms with Crippen LogP contribution in [0.2, 0.25) is 0 Å². The van der Waals surface area contributed by atoms with Crippen LogP contribution in [0.4, 0.5) is 0 Å². The normalized spacial score (nSPS) is 19.6. The van der Waals surface area contributed by atoms with Gasteiger partial charge >= 0.3 is 0 Å². The second kappa shape index (κ2) is 4.73. The van der Waals surface area contributed by atoms with E-state index in [0.29, 0.717) is 5.92 Å². The molecule has 10 heavy (non-hydrogen) atoms. The van der Waals surface area contributed by atoms with Gasteiger partial charge in [0, 0.05) is 11.3 Å². The van der Waals surface area contributed by atoms with Crippen LogP contribution >= 0.6 is 11.6 Å². The van der Waals surface area contributed by atoms with E-state index in [1.165, 1.54) is 0 Å². The van der Waals surface area contributed by atoms with Gasteiger partial charge in [-0.15, -0.1) is 11.6 Å². The van der Waals surface area contributed by atoms with Crippen LogP contribution in [0.1, 0.15) is 27.2 Å². The second-order valence-corrected chi connectivity index (χ2v) is 3.69. The van der Waals surface area contributed by atoms with E-state index < -0.39 is 0 Å². The summed E-state index contributed by atoms with van der Waals surface area (Å²) in [7, 11) is 0. The summed E-state index contributed by atoms with van der Waals surface area (Å²) in [6.45, 7) is 5.95. The molecule has 0 rings (SSSR count). The molecule has 2 heteroatoms. The Hall–Kier alpha value is -0.0400. The fraction of sp³-hybridized carbons (Fsp3) is 0.875. The predicted octanol–water partition coefficient (Wildman–Crippen LogP) is 2.47. The molecular weight excluding hydrogens is 148 g/mol. The first kappa shape index (κ1) is 9.96. The third-order valence-corrected chi connectivity index (χ3v) is 2.19. The average Bonchev–Trinajstić information content (AvgIpc) is 1.87. The summed E-state index contributed by atoms with van der Waals surface area (Å²) in [5, 5.41) is 0.169. The van der Waals surface area contributed by atoms with Gasteiger partial charge in [-0.1, -0.05) is 13.8 Å². The maximum Gasteiger partial charge on any atom is 0.122 e.